The number of hydrogen-bond acceptors (Lipinski definition) is 2. The molecule has 2 heterocycles. The van der Waals surface area contributed by atoms with E-state index in [4.69, 9.17) is 4.74 Å². The quantitative estimate of drug-likeness (QED) is 0.902. The molecule has 1 aromatic carbocycles. The van der Waals surface area contributed by atoms with Gasteiger partial charge in [0.2, 0.25) is 0 Å². The number of H-pyrrole nitrogens is 1. The van der Waals surface area contributed by atoms with Crippen LogP contribution in [0.15, 0.2) is 30.5 Å². The maximum Gasteiger partial charge on any atom is 0.251 e. The van der Waals surface area contributed by atoms with Gasteiger partial charge < -0.3 is 15.0 Å². The van der Waals surface area contributed by atoms with E-state index in [0.717, 1.165) is 42.5 Å². The van der Waals surface area contributed by atoms with E-state index in [1.54, 1.807) is 0 Å². The molecule has 0 unspecified atom stereocenters. The van der Waals surface area contributed by atoms with E-state index in [1.165, 1.54) is 0 Å². The monoisotopic (exact) mass is 272 g/mol. The van der Waals surface area contributed by atoms with Crippen molar-refractivity contribution in [2.75, 3.05) is 19.8 Å². The summed E-state index contributed by atoms with van der Waals surface area (Å²) in [6.45, 7) is 4.50. The van der Waals surface area contributed by atoms with Crippen molar-refractivity contribution in [1.29, 1.82) is 0 Å². The van der Waals surface area contributed by atoms with Crippen LogP contribution in [0.2, 0.25) is 0 Å². The molecule has 2 N–H and O–H groups in total. The van der Waals surface area contributed by atoms with Crippen molar-refractivity contribution in [2.45, 2.75) is 19.8 Å². The summed E-state index contributed by atoms with van der Waals surface area (Å²) in [6.07, 6.45) is 3.87. The molecule has 1 aliphatic rings. The Bertz CT molecular complexity index is 612. The highest BCUT2D eigenvalue weighted by atomic mass is 16.5. The number of nitrogens with one attached hydrogen (secondary N) is 2. The minimum Gasteiger partial charge on any atom is -0.381 e. The van der Waals surface area contributed by atoms with Gasteiger partial charge in [-0.1, -0.05) is 13.0 Å². The van der Waals surface area contributed by atoms with Crippen LogP contribution >= 0.6 is 0 Å². The van der Waals surface area contributed by atoms with E-state index in [1.807, 2.05) is 30.5 Å². The van der Waals surface area contributed by atoms with E-state index in [-0.39, 0.29) is 11.3 Å². The lowest BCUT2D eigenvalue weighted by atomic mass is 9.82. The molecule has 0 radical (unpaired) electrons. The molecule has 0 aliphatic carbocycles. The van der Waals surface area contributed by atoms with Gasteiger partial charge in [0.25, 0.3) is 5.91 Å². The van der Waals surface area contributed by atoms with E-state index in [0.29, 0.717) is 6.54 Å². The normalized spacial score (nSPS) is 18.1. The average Bonchev–Trinajstić information content (AvgIpc) is 2.94. The van der Waals surface area contributed by atoms with E-state index in [2.05, 4.69) is 17.2 Å². The fraction of sp³-hybridized carbons (Fsp3) is 0.438. The lowest BCUT2D eigenvalue weighted by Gasteiger charge is -2.33. The number of rotatable bonds is 3. The number of aromatic amines is 1. The molecule has 4 nitrogen and oxygen atoms in total. The van der Waals surface area contributed by atoms with Crippen LogP contribution < -0.4 is 5.32 Å². The highest BCUT2D eigenvalue weighted by Gasteiger charge is 2.28. The molecule has 4 heteroatoms. The summed E-state index contributed by atoms with van der Waals surface area (Å²) >= 11 is 0. The van der Waals surface area contributed by atoms with Gasteiger partial charge in [-0.3, -0.25) is 4.79 Å². The third kappa shape index (κ3) is 2.56. The van der Waals surface area contributed by atoms with Crippen LogP contribution in [0.25, 0.3) is 10.9 Å². The molecule has 1 fully saturated rings. The maximum atomic E-state index is 12.4. The van der Waals surface area contributed by atoms with Crippen molar-refractivity contribution in [3.05, 3.63) is 36.0 Å². The Labute approximate surface area is 118 Å². The van der Waals surface area contributed by atoms with Crippen LogP contribution in [0.3, 0.4) is 0 Å². The molecule has 2 aromatic rings. The van der Waals surface area contributed by atoms with Crippen molar-refractivity contribution < 1.29 is 9.53 Å². The number of benzene rings is 1. The van der Waals surface area contributed by atoms with E-state index in [9.17, 15) is 4.79 Å². The van der Waals surface area contributed by atoms with Crippen molar-refractivity contribution in [3.63, 3.8) is 0 Å². The number of carbonyl (C=O) groups is 1. The van der Waals surface area contributed by atoms with Crippen LogP contribution in [-0.2, 0) is 4.74 Å². The smallest absolute Gasteiger partial charge is 0.251 e. The van der Waals surface area contributed by atoms with Crippen LogP contribution in [0.5, 0.6) is 0 Å². The van der Waals surface area contributed by atoms with Crippen molar-refractivity contribution >= 4 is 16.8 Å². The van der Waals surface area contributed by atoms with Crippen LogP contribution in [0.1, 0.15) is 30.1 Å². The Hall–Kier alpha value is -1.81. The van der Waals surface area contributed by atoms with Crippen molar-refractivity contribution in [2.24, 2.45) is 5.41 Å². The Morgan fingerprint density at radius 3 is 2.95 bits per heavy atom. The van der Waals surface area contributed by atoms with Gasteiger partial charge in [-0.05, 0) is 36.5 Å². The lowest BCUT2D eigenvalue weighted by molar-refractivity contribution is 0.0238. The van der Waals surface area contributed by atoms with Gasteiger partial charge in [0, 0.05) is 42.4 Å². The first-order valence-corrected chi connectivity index (χ1v) is 7.10. The third-order valence-electron chi connectivity index (χ3n) is 4.22. The fourth-order valence-corrected chi connectivity index (χ4v) is 2.71. The zero-order valence-electron chi connectivity index (χ0n) is 11.7. The second kappa shape index (κ2) is 5.29. The zero-order valence-corrected chi connectivity index (χ0v) is 11.7. The Kier molecular flexibility index (Phi) is 3.49. The predicted octanol–water partition coefficient (Wildman–Crippen LogP) is 2.71. The molecule has 0 saturated carbocycles. The molecule has 0 bridgehead atoms. The van der Waals surface area contributed by atoms with Crippen LogP contribution in [0, 0.1) is 5.41 Å². The minimum atomic E-state index is 0.00270. The van der Waals surface area contributed by atoms with E-state index >= 15 is 0 Å². The maximum absolute atomic E-state index is 12.4. The summed E-state index contributed by atoms with van der Waals surface area (Å²) in [6, 6.07) is 7.70. The van der Waals surface area contributed by atoms with E-state index < -0.39 is 0 Å². The summed E-state index contributed by atoms with van der Waals surface area (Å²) in [5.41, 5.74) is 1.88. The Balaban J connectivity index is 1.71. The number of carbonyl (C=O) groups excluding carboxylic acids is 1. The molecule has 106 valence electrons. The van der Waals surface area contributed by atoms with Crippen molar-refractivity contribution in [3.8, 4) is 0 Å². The van der Waals surface area contributed by atoms with Gasteiger partial charge in [-0.15, -0.1) is 0 Å². The molecule has 0 atom stereocenters. The predicted molar refractivity (Wildman–Crippen MR) is 78.8 cm³/mol. The number of fused-ring (bicyclic) bond motifs is 1. The molecule has 1 saturated heterocycles. The number of hydrogen-bond donors (Lipinski definition) is 2. The van der Waals surface area contributed by atoms with Gasteiger partial charge in [0.1, 0.15) is 0 Å². The van der Waals surface area contributed by atoms with Gasteiger partial charge in [0.15, 0.2) is 0 Å². The molecule has 20 heavy (non-hydrogen) atoms. The largest absolute Gasteiger partial charge is 0.381 e. The van der Waals surface area contributed by atoms with Crippen molar-refractivity contribution in [1.82, 2.24) is 10.3 Å². The second-order valence-corrected chi connectivity index (χ2v) is 5.85. The summed E-state index contributed by atoms with van der Waals surface area (Å²) in [7, 11) is 0. The average molecular weight is 272 g/mol. The minimum absolute atomic E-state index is 0.00270. The van der Waals surface area contributed by atoms with Gasteiger partial charge in [0.05, 0.1) is 0 Å². The molecule has 1 amide bonds. The molecular formula is C16H20N2O2. The Morgan fingerprint density at radius 2 is 2.15 bits per heavy atom. The molecule has 1 aliphatic heterocycles. The number of aromatic nitrogens is 1. The molecule has 3 rings (SSSR count). The first kappa shape index (κ1) is 13.2. The van der Waals surface area contributed by atoms with Gasteiger partial charge >= 0.3 is 0 Å². The van der Waals surface area contributed by atoms with Crippen LogP contribution in [-0.4, -0.2) is 30.6 Å². The molecular weight excluding hydrogens is 252 g/mol. The standard InChI is InChI=1S/C16H20N2O2/c1-16(6-9-20-10-7-16)11-18-15(19)13-3-2-4-14-12(13)5-8-17-14/h2-5,8,17H,6-7,9-11H2,1H3,(H,18,19). The van der Waals surface area contributed by atoms with Gasteiger partial charge in [-0.2, -0.15) is 0 Å². The molecule has 1 aromatic heterocycles. The highest BCUT2D eigenvalue weighted by molar-refractivity contribution is 6.06. The van der Waals surface area contributed by atoms with Crippen LogP contribution in [0.4, 0.5) is 0 Å². The first-order chi connectivity index (χ1) is 9.68. The summed E-state index contributed by atoms with van der Waals surface area (Å²) < 4.78 is 5.39. The zero-order chi connectivity index (χ0) is 14.0. The summed E-state index contributed by atoms with van der Waals surface area (Å²) in [5.74, 6) is 0.00270. The highest BCUT2D eigenvalue weighted by Crippen LogP contribution is 2.28. The second-order valence-electron chi connectivity index (χ2n) is 5.85. The number of ether oxygens (including phenoxy) is 1. The summed E-state index contributed by atoms with van der Waals surface area (Å²) in [5, 5.41) is 4.06. The topological polar surface area (TPSA) is 54.1 Å². The third-order valence-corrected chi connectivity index (χ3v) is 4.22. The first-order valence-electron chi connectivity index (χ1n) is 7.10. The fourth-order valence-electron chi connectivity index (χ4n) is 2.71. The Morgan fingerprint density at radius 1 is 1.35 bits per heavy atom. The molecule has 0 spiro atoms. The number of amides is 1. The summed E-state index contributed by atoms with van der Waals surface area (Å²) in [4.78, 5) is 15.5. The lowest BCUT2D eigenvalue weighted by Crippen LogP contribution is -2.39. The SMILES string of the molecule is CC1(CNC(=O)c2cccc3[nH]ccc23)CCOCC1. The van der Waals surface area contributed by atoms with Gasteiger partial charge in [-0.25, -0.2) is 0 Å².